The largest absolute Gasteiger partial charge is 0.491 e. The molecule has 0 aliphatic carbocycles. The third-order valence-electron chi connectivity index (χ3n) is 2.20. The van der Waals surface area contributed by atoms with Crippen LogP contribution >= 0.6 is 11.8 Å². The molecule has 6 heteroatoms. The van der Waals surface area contributed by atoms with Gasteiger partial charge >= 0.3 is 5.24 Å². The van der Waals surface area contributed by atoms with Gasteiger partial charge in [-0.3, -0.25) is 4.79 Å². The van der Waals surface area contributed by atoms with E-state index in [-0.39, 0.29) is 24.3 Å². The van der Waals surface area contributed by atoms with Crippen LogP contribution in [-0.2, 0) is 0 Å². The fourth-order valence-corrected chi connectivity index (χ4v) is 2.08. The maximum atomic E-state index is 11.0. The Morgan fingerprint density at radius 1 is 1.39 bits per heavy atom. The molecule has 1 heterocycles. The minimum absolute atomic E-state index is 0.0163. The molecule has 0 aromatic heterocycles. The first-order chi connectivity index (χ1) is 8.69. The third kappa shape index (κ3) is 3.12. The summed E-state index contributed by atoms with van der Waals surface area (Å²) in [6.07, 6.45) is 1.80. The van der Waals surface area contributed by atoms with Gasteiger partial charge in [0.25, 0.3) is 0 Å². The Labute approximate surface area is 108 Å². The number of aliphatic imine (C=N–C) groups is 1. The molecule has 0 unspecified atom stereocenters. The van der Waals surface area contributed by atoms with Crippen molar-refractivity contribution in [1.29, 1.82) is 0 Å². The van der Waals surface area contributed by atoms with Crippen LogP contribution in [0.5, 0.6) is 5.75 Å². The molecule has 2 rings (SSSR count). The first kappa shape index (κ1) is 12.7. The summed E-state index contributed by atoms with van der Waals surface area (Å²) < 4.78 is 5.24. The molecule has 1 aromatic carbocycles. The number of carbonyl (C=O) groups is 1. The van der Waals surface area contributed by atoms with Crippen LogP contribution in [0.4, 0.5) is 4.79 Å². The molecule has 1 aliphatic rings. The maximum absolute atomic E-state index is 11.0. The van der Waals surface area contributed by atoms with Crippen molar-refractivity contribution in [1.82, 2.24) is 0 Å². The van der Waals surface area contributed by atoms with Gasteiger partial charge in [0, 0.05) is 0 Å². The molecule has 5 nitrogen and oxygen atoms in total. The van der Waals surface area contributed by atoms with Gasteiger partial charge in [0.2, 0.25) is 0 Å². The van der Waals surface area contributed by atoms with Crippen molar-refractivity contribution >= 4 is 28.9 Å². The van der Waals surface area contributed by atoms with Crippen molar-refractivity contribution in [3.8, 4) is 5.75 Å². The number of rotatable bonds is 4. The number of thioether (sulfide) groups is 1. The standard InChI is InChI=1S/C12H12N2O3S/c13-11-10(18-12(16)14-11)7-8-1-3-9(4-2-8)17-6-5-15/h1-4,7,15H,5-6H2,(H2,13,14,16)/b10-7-. The van der Waals surface area contributed by atoms with Gasteiger partial charge in [0.15, 0.2) is 0 Å². The minimum Gasteiger partial charge on any atom is -0.491 e. The molecule has 0 atom stereocenters. The number of aliphatic hydroxyl groups is 1. The van der Waals surface area contributed by atoms with Crippen LogP contribution in [0.25, 0.3) is 6.08 Å². The number of amides is 1. The summed E-state index contributed by atoms with van der Waals surface area (Å²) in [6.45, 7) is 0.252. The number of nitrogens with zero attached hydrogens (tertiary/aromatic N) is 1. The van der Waals surface area contributed by atoms with Crippen LogP contribution < -0.4 is 10.5 Å². The van der Waals surface area contributed by atoms with Gasteiger partial charge in [0.1, 0.15) is 18.2 Å². The lowest BCUT2D eigenvalue weighted by Crippen LogP contribution is -2.08. The van der Waals surface area contributed by atoms with Crippen molar-refractivity contribution in [3.05, 3.63) is 34.7 Å². The lowest BCUT2D eigenvalue weighted by atomic mass is 10.2. The molecular weight excluding hydrogens is 252 g/mol. The predicted octanol–water partition coefficient (Wildman–Crippen LogP) is 1.62. The highest BCUT2D eigenvalue weighted by Gasteiger charge is 2.18. The molecular formula is C12H12N2O3S. The second-order valence-corrected chi connectivity index (χ2v) is 4.51. The molecule has 0 radical (unpaired) electrons. The van der Waals surface area contributed by atoms with E-state index < -0.39 is 0 Å². The minimum atomic E-state index is -0.290. The Kier molecular flexibility index (Phi) is 4.01. The van der Waals surface area contributed by atoms with Gasteiger partial charge in [0.05, 0.1) is 11.5 Å². The normalized spacial score (nSPS) is 17.1. The molecule has 1 aliphatic heterocycles. The van der Waals surface area contributed by atoms with E-state index in [1.54, 1.807) is 18.2 Å². The molecule has 1 aromatic rings. The fraction of sp³-hybridized carbons (Fsp3) is 0.167. The summed E-state index contributed by atoms with van der Waals surface area (Å²) in [5, 5.41) is 8.34. The maximum Gasteiger partial charge on any atom is 0.311 e. The molecule has 0 bridgehead atoms. The van der Waals surface area contributed by atoms with Gasteiger partial charge in [-0.1, -0.05) is 12.1 Å². The molecule has 0 saturated heterocycles. The molecule has 1 amide bonds. The number of nitrogens with two attached hydrogens (primary N) is 1. The van der Waals surface area contributed by atoms with Crippen LogP contribution in [0.1, 0.15) is 5.56 Å². The highest BCUT2D eigenvalue weighted by Crippen LogP contribution is 2.27. The fourth-order valence-electron chi connectivity index (χ4n) is 1.40. The molecule has 0 fully saturated rings. The van der Waals surface area contributed by atoms with Crippen molar-refractivity contribution in [2.24, 2.45) is 10.7 Å². The van der Waals surface area contributed by atoms with Crippen LogP contribution in [0.15, 0.2) is 34.2 Å². The zero-order valence-corrected chi connectivity index (χ0v) is 10.3. The monoisotopic (exact) mass is 264 g/mol. The van der Waals surface area contributed by atoms with Crippen molar-refractivity contribution < 1.29 is 14.6 Å². The number of amidine groups is 1. The topological polar surface area (TPSA) is 84.9 Å². The van der Waals surface area contributed by atoms with Gasteiger partial charge < -0.3 is 15.6 Å². The summed E-state index contributed by atoms with van der Waals surface area (Å²) in [7, 11) is 0. The second-order valence-electron chi connectivity index (χ2n) is 3.51. The van der Waals surface area contributed by atoms with Gasteiger partial charge in [-0.05, 0) is 35.5 Å². The molecule has 3 N–H and O–H groups in total. The van der Waals surface area contributed by atoms with Crippen LogP contribution in [-0.4, -0.2) is 29.4 Å². The summed E-state index contributed by atoms with van der Waals surface area (Å²) in [5.41, 5.74) is 6.50. The van der Waals surface area contributed by atoms with Crippen molar-refractivity contribution in [3.63, 3.8) is 0 Å². The zero-order chi connectivity index (χ0) is 13.0. The molecule has 94 valence electrons. The van der Waals surface area contributed by atoms with E-state index in [0.717, 1.165) is 17.3 Å². The predicted molar refractivity (Wildman–Crippen MR) is 71.6 cm³/mol. The van der Waals surface area contributed by atoms with Crippen molar-refractivity contribution in [2.75, 3.05) is 13.2 Å². The number of aliphatic hydroxyl groups excluding tert-OH is 1. The van der Waals surface area contributed by atoms with E-state index in [0.29, 0.717) is 10.7 Å². The van der Waals surface area contributed by atoms with Crippen molar-refractivity contribution in [2.45, 2.75) is 0 Å². The molecule has 18 heavy (non-hydrogen) atoms. The highest BCUT2D eigenvalue weighted by molar-refractivity contribution is 8.18. The van der Waals surface area contributed by atoms with Crippen LogP contribution in [0.3, 0.4) is 0 Å². The Balaban J connectivity index is 2.09. The number of benzene rings is 1. The van der Waals surface area contributed by atoms with E-state index in [4.69, 9.17) is 15.6 Å². The Bertz CT molecular complexity index is 509. The Morgan fingerprint density at radius 3 is 2.67 bits per heavy atom. The van der Waals surface area contributed by atoms with E-state index in [9.17, 15) is 4.79 Å². The summed E-state index contributed by atoms with van der Waals surface area (Å²) in [4.78, 5) is 15.3. The number of ether oxygens (including phenoxy) is 1. The summed E-state index contributed by atoms with van der Waals surface area (Å²) in [5.74, 6) is 0.939. The van der Waals surface area contributed by atoms with Crippen LogP contribution in [0.2, 0.25) is 0 Å². The van der Waals surface area contributed by atoms with Gasteiger partial charge in [-0.2, -0.15) is 4.99 Å². The van der Waals surface area contributed by atoms with Gasteiger partial charge in [-0.25, -0.2) is 0 Å². The highest BCUT2D eigenvalue weighted by atomic mass is 32.2. The number of carbonyl (C=O) groups excluding carboxylic acids is 1. The Morgan fingerprint density at radius 2 is 2.11 bits per heavy atom. The zero-order valence-electron chi connectivity index (χ0n) is 9.50. The van der Waals surface area contributed by atoms with Crippen LogP contribution in [0, 0.1) is 0 Å². The molecule has 0 saturated carbocycles. The van der Waals surface area contributed by atoms with Gasteiger partial charge in [-0.15, -0.1) is 0 Å². The first-order valence-electron chi connectivity index (χ1n) is 5.31. The second kappa shape index (κ2) is 5.70. The average molecular weight is 264 g/mol. The first-order valence-corrected chi connectivity index (χ1v) is 6.12. The third-order valence-corrected chi connectivity index (χ3v) is 3.01. The lowest BCUT2D eigenvalue weighted by molar-refractivity contribution is 0.201. The van der Waals surface area contributed by atoms with E-state index >= 15 is 0 Å². The Hall–Kier alpha value is -1.79. The lowest BCUT2D eigenvalue weighted by Gasteiger charge is -2.04. The number of hydrogen-bond acceptors (Lipinski definition) is 5. The molecule has 0 spiro atoms. The average Bonchev–Trinajstić information content (AvgIpc) is 2.67. The smallest absolute Gasteiger partial charge is 0.311 e. The SMILES string of the molecule is NC1=NC(=O)S/C1=C\c1ccc(OCCO)cc1. The summed E-state index contributed by atoms with van der Waals surface area (Å²) in [6, 6.07) is 7.26. The van der Waals surface area contributed by atoms with E-state index in [1.165, 1.54) is 0 Å². The van der Waals surface area contributed by atoms with E-state index in [1.807, 2.05) is 12.1 Å². The number of hydrogen-bond donors (Lipinski definition) is 2. The quantitative estimate of drug-likeness (QED) is 0.863. The van der Waals surface area contributed by atoms with E-state index in [2.05, 4.69) is 4.99 Å². The summed E-state index contributed by atoms with van der Waals surface area (Å²) >= 11 is 1.02.